The van der Waals surface area contributed by atoms with E-state index in [1.807, 2.05) is 0 Å². The van der Waals surface area contributed by atoms with Gasteiger partial charge in [-0.2, -0.15) is 0 Å². The van der Waals surface area contributed by atoms with Gasteiger partial charge in [0.1, 0.15) is 0 Å². The molecule has 30 heavy (non-hydrogen) atoms. The summed E-state index contributed by atoms with van der Waals surface area (Å²) in [6, 6.07) is 0.839. The van der Waals surface area contributed by atoms with E-state index in [-0.39, 0.29) is 23.5 Å². The number of aliphatic hydroxyl groups is 2. The van der Waals surface area contributed by atoms with Crippen LogP contribution in [-0.4, -0.2) is 46.5 Å². The van der Waals surface area contributed by atoms with Crippen molar-refractivity contribution in [1.82, 2.24) is 4.90 Å². The van der Waals surface area contributed by atoms with Gasteiger partial charge < -0.3 is 10.2 Å². The van der Waals surface area contributed by atoms with Crippen LogP contribution in [0.5, 0.6) is 0 Å². The summed E-state index contributed by atoms with van der Waals surface area (Å²) < 4.78 is 0. The van der Waals surface area contributed by atoms with Crippen LogP contribution in [0.2, 0.25) is 0 Å². The second kappa shape index (κ2) is 7.06. The molecular weight excluding hydrogens is 370 g/mol. The summed E-state index contributed by atoms with van der Waals surface area (Å²) in [6.45, 7) is 10.1. The largest absolute Gasteiger partial charge is 0.393 e. The monoisotopic (exact) mass is 413 g/mol. The Hall–Kier alpha value is -0.380. The van der Waals surface area contributed by atoms with Crippen molar-refractivity contribution in [3.05, 3.63) is 11.1 Å². The van der Waals surface area contributed by atoms with Crippen molar-refractivity contribution in [2.45, 2.75) is 96.8 Å². The third kappa shape index (κ3) is 2.80. The maximum atomic E-state index is 11.1. The highest BCUT2D eigenvalue weighted by Gasteiger charge is 2.57. The van der Waals surface area contributed by atoms with Gasteiger partial charge in [-0.25, -0.2) is 0 Å². The summed E-state index contributed by atoms with van der Waals surface area (Å²) in [5.41, 5.74) is 3.58. The lowest BCUT2D eigenvalue weighted by molar-refractivity contribution is -0.0670. The zero-order chi connectivity index (χ0) is 20.8. The molecule has 2 saturated carbocycles. The molecule has 2 N–H and O–H groups in total. The van der Waals surface area contributed by atoms with Gasteiger partial charge in [-0.05, 0) is 105 Å². The standard InChI is InChI=1S/C27H43NO2/c1-15-4-7-25-16(2)18-5-6-19-20(22(18)14-28(25)13-15)11-23-21(19)12-26(30)24-10-17(29)8-9-27(23,24)3/h15-20,22,24-26,29-30H,4-14H2,1-3H3/t15-,16-,17-,18+,19-,20-,22-,24-,25+,26-,27-/m1/s1. The van der Waals surface area contributed by atoms with Gasteiger partial charge in [-0.1, -0.05) is 31.9 Å². The highest BCUT2D eigenvalue weighted by atomic mass is 16.3. The molecule has 0 spiro atoms. The third-order valence-electron chi connectivity index (χ3n) is 11.3. The SMILES string of the molecule is C[C@@H]1CC[C@H]2[C@H](C)[C@@H]3CC[C@H]4C5=C(C[C@H]4[C@@H]3CN2C1)[C@@]1(C)CC[C@@H](O)C[C@@H]1[C@H](O)C5. The van der Waals surface area contributed by atoms with Crippen molar-refractivity contribution in [2.75, 3.05) is 13.1 Å². The number of nitrogens with zero attached hydrogens (tertiary/aromatic N) is 1. The first-order chi connectivity index (χ1) is 14.4. The fraction of sp³-hybridized carbons (Fsp3) is 0.926. The zero-order valence-electron chi connectivity index (χ0n) is 19.4. The molecule has 168 valence electrons. The Bertz CT molecular complexity index is 730. The first-order valence-electron chi connectivity index (χ1n) is 13.2. The molecule has 4 fully saturated rings. The molecule has 6 rings (SSSR count). The number of rotatable bonds is 0. The number of fused-ring (bicyclic) bond motifs is 7. The van der Waals surface area contributed by atoms with Gasteiger partial charge in [0.25, 0.3) is 0 Å². The van der Waals surface area contributed by atoms with E-state index in [1.54, 1.807) is 11.1 Å². The quantitative estimate of drug-likeness (QED) is 0.569. The van der Waals surface area contributed by atoms with Crippen molar-refractivity contribution in [3.63, 3.8) is 0 Å². The van der Waals surface area contributed by atoms with Crippen LogP contribution in [-0.2, 0) is 0 Å². The lowest BCUT2D eigenvalue weighted by Gasteiger charge is -2.56. The predicted octanol–water partition coefficient (Wildman–Crippen LogP) is 4.63. The Morgan fingerprint density at radius 2 is 1.73 bits per heavy atom. The number of aliphatic hydroxyl groups excluding tert-OH is 2. The molecule has 2 aliphatic heterocycles. The lowest BCUT2D eigenvalue weighted by atomic mass is 9.56. The van der Waals surface area contributed by atoms with Crippen LogP contribution in [0.15, 0.2) is 11.1 Å². The average Bonchev–Trinajstić information content (AvgIpc) is 3.09. The molecule has 0 aromatic rings. The molecular formula is C27H43NO2. The first kappa shape index (κ1) is 20.2. The Morgan fingerprint density at radius 3 is 2.57 bits per heavy atom. The Kier molecular flexibility index (Phi) is 4.76. The molecule has 0 aromatic carbocycles. The predicted molar refractivity (Wildman–Crippen MR) is 120 cm³/mol. The van der Waals surface area contributed by atoms with Crippen LogP contribution in [0.4, 0.5) is 0 Å². The van der Waals surface area contributed by atoms with Crippen LogP contribution in [0.25, 0.3) is 0 Å². The Balaban J connectivity index is 1.30. The molecule has 3 nitrogen and oxygen atoms in total. The summed E-state index contributed by atoms with van der Waals surface area (Å²) in [5.74, 6) is 5.34. The minimum absolute atomic E-state index is 0.140. The summed E-state index contributed by atoms with van der Waals surface area (Å²) in [4.78, 5) is 2.90. The van der Waals surface area contributed by atoms with Crippen LogP contribution in [0.1, 0.15) is 78.6 Å². The highest BCUT2D eigenvalue weighted by Crippen LogP contribution is 2.64. The van der Waals surface area contributed by atoms with E-state index in [9.17, 15) is 10.2 Å². The van der Waals surface area contributed by atoms with Crippen molar-refractivity contribution in [2.24, 2.45) is 46.8 Å². The molecule has 0 unspecified atom stereocenters. The topological polar surface area (TPSA) is 43.7 Å². The maximum Gasteiger partial charge on any atom is 0.0614 e. The molecule has 2 saturated heterocycles. The molecule has 0 amide bonds. The van der Waals surface area contributed by atoms with Crippen molar-refractivity contribution >= 4 is 0 Å². The van der Waals surface area contributed by atoms with Gasteiger partial charge in [0, 0.05) is 19.1 Å². The van der Waals surface area contributed by atoms with E-state index < -0.39 is 0 Å². The van der Waals surface area contributed by atoms with Crippen molar-refractivity contribution in [1.29, 1.82) is 0 Å². The summed E-state index contributed by atoms with van der Waals surface area (Å²) >= 11 is 0. The van der Waals surface area contributed by atoms with Gasteiger partial charge in [0.05, 0.1) is 12.2 Å². The van der Waals surface area contributed by atoms with E-state index in [0.717, 1.165) is 67.2 Å². The van der Waals surface area contributed by atoms with E-state index in [1.165, 1.54) is 45.2 Å². The number of hydrogen-bond acceptors (Lipinski definition) is 3. The van der Waals surface area contributed by atoms with Gasteiger partial charge >= 0.3 is 0 Å². The number of hydrogen-bond donors (Lipinski definition) is 2. The maximum absolute atomic E-state index is 11.1. The summed E-state index contributed by atoms with van der Waals surface area (Å²) in [5, 5.41) is 21.4. The fourth-order valence-electron chi connectivity index (χ4n) is 9.80. The van der Waals surface area contributed by atoms with Crippen molar-refractivity contribution in [3.8, 4) is 0 Å². The second-order valence-corrected chi connectivity index (χ2v) is 12.7. The average molecular weight is 414 g/mol. The summed E-state index contributed by atoms with van der Waals surface area (Å²) in [7, 11) is 0. The third-order valence-corrected chi connectivity index (χ3v) is 11.3. The van der Waals surface area contributed by atoms with Crippen LogP contribution in [0, 0.1) is 46.8 Å². The van der Waals surface area contributed by atoms with Crippen LogP contribution >= 0.6 is 0 Å². The van der Waals surface area contributed by atoms with Gasteiger partial charge in [-0.15, -0.1) is 0 Å². The zero-order valence-corrected chi connectivity index (χ0v) is 19.4. The first-order valence-corrected chi connectivity index (χ1v) is 13.2. The number of allylic oxidation sites excluding steroid dienone is 1. The van der Waals surface area contributed by atoms with E-state index >= 15 is 0 Å². The van der Waals surface area contributed by atoms with E-state index in [2.05, 4.69) is 25.7 Å². The minimum Gasteiger partial charge on any atom is -0.393 e. The fourth-order valence-corrected chi connectivity index (χ4v) is 9.80. The smallest absolute Gasteiger partial charge is 0.0614 e. The summed E-state index contributed by atoms with van der Waals surface area (Å²) in [6.07, 6.45) is 10.2. The molecule has 0 radical (unpaired) electrons. The second-order valence-electron chi connectivity index (χ2n) is 12.7. The molecule has 0 bridgehead atoms. The molecule has 2 heterocycles. The van der Waals surface area contributed by atoms with Crippen LogP contribution < -0.4 is 0 Å². The van der Waals surface area contributed by atoms with E-state index in [4.69, 9.17) is 0 Å². The minimum atomic E-state index is -0.238. The van der Waals surface area contributed by atoms with Gasteiger partial charge in [0.2, 0.25) is 0 Å². The van der Waals surface area contributed by atoms with Crippen molar-refractivity contribution < 1.29 is 10.2 Å². The lowest BCUT2D eigenvalue weighted by Crippen LogP contribution is -2.58. The molecule has 6 aliphatic rings. The van der Waals surface area contributed by atoms with Crippen LogP contribution in [0.3, 0.4) is 0 Å². The van der Waals surface area contributed by atoms with Gasteiger partial charge in [-0.3, -0.25) is 4.90 Å². The van der Waals surface area contributed by atoms with E-state index in [0.29, 0.717) is 0 Å². The Labute approximate surface area is 183 Å². The highest BCUT2D eigenvalue weighted by molar-refractivity contribution is 5.36. The molecule has 3 heteroatoms. The molecule has 4 aliphatic carbocycles. The Morgan fingerprint density at radius 1 is 0.900 bits per heavy atom. The molecule has 0 aromatic heterocycles. The normalized spacial score (nSPS) is 55.9. The number of piperidine rings is 2. The van der Waals surface area contributed by atoms with Gasteiger partial charge in [0.15, 0.2) is 0 Å². The molecule has 11 atom stereocenters.